The molecule has 18 heavy (non-hydrogen) atoms. The van der Waals surface area contributed by atoms with Gasteiger partial charge in [-0.2, -0.15) is 0 Å². The number of carbonyl (C=O) groups excluding carboxylic acids is 1. The van der Waals surface area contributed by atoms with E-state index in [4.69, 9.17) is 5.73 Å². The van der Waals surface area contributed by atoms with Crippen LogP contribution in [0.1, 0.15) is 48.5 Å². The average molecular weight is 246 g/mol. The molecule has 98 valence electrons. The van der Waals surface area contributed by atoms with Crippen LogP contribution >= 0.6 is 0 Å². The first-order valence-corrected chi connectivity index (χ1v) is 6.74. The zero-order chi connectivity index (χ0) is 13.1. The number of anilines is 1. The van der Waals surface area contributed by atoms with Gasteiger partial charge in [-0.15, -0.1) is 0 Å². The van der Waals surface area contributed by atoms with Gasteiger partial charge in [-0.05, 0) is 50.2 Å². The van der Waals surface area contributed by atoms with Gasteiger partial charge in [-0.1, -0.05) is 19.1 Å². The zero-order valence-corrected chi connectivity index (χ0v) is 11.2. The highest BCUT2D eigenvalue weighted by molar-refractivity contribution is 6.00. The molecule has 1 fully saturated rings. The van der Waals surface area contributed by atoms with Crippen LogP contribution in [-0.2, 0) is 0 Å². The summed E-state index contributed by atoms with van der Waals surface area (Å²) < 4.78 is 0. The lowest BCUT2D eigenvalue weighted by Gasteiger charge is -2.27. The molecule has 0 aliphatic heterocycles. The van der Waals surface area contributed by atoms with Gasteiger partial charge in [-0.3, -0.25) is 4.79 Å². The van der Waals surface area contributed by atoms with Crippen molar-refractivity contribution in [3.05, 3.63) is 29.3 Å². The van der Waals surface area contributed by atoms with Gasteiger partial charge in [-0.25, -0.2) is 0 Å². The molecule has 1 aromatic rings. The number of amides is 1. The summed E-state index contributed by atoms with van der Waals surface area (Å²) in [5.41, 5.74) is 8.03. The number of hydrogen-bond acceptors (Lipinski definition) is 2. The lowest BCUT2D eigenvalue weighted by Crippen LogP contribution is -2.37. The Bertz CT molecular complexity index is 414. The van der Waals surface area contributed by atoms with Crippen LogP contribution in [0.15, 0.2) is 18.2 Å². The largest absolute Gasteiger partial charge is 0.398 e. The third-order valence-corrected chi connectivity index (χ3v) is 3.88. The second-order valence-corrected chi connectivity index (χ2v) is 5.47. The first-order valence-electron chi connectivity index (χ1n) is 6.74. The van der Waals surface area contributed by atoms with Crippen LogP contribution in [0.3, 0.4) is 0 Å². The van der Waals surface area contributed by atoms with Crippen molar-refractivity contribution in [2.45, 2.75) is 45.6 Å². The molecule has 1 saturated carbocycles. The molecule has 3 N–H and O–H groups in total. The van der Waals surface area contributed by atoms with Crippen LogP contribution in [0.2, 0.25) is 0 Å². The lowest BCUT2D eigenvalue weighted by atomic mass is 9.87. The number of nitrogens with two attached hydrogens (primary N) is 1. The molecule has 0 unspecified atom stereocenters. The number of rotatable bonds is 2. The third-order valence-electron chi connectivity index (χ3n) is 3.88. The molecule has 0 aromatic heterocycles. The Labute approximate surface area is 109 Å². The Morgan fingerprint density at radius 3 is 2.56 bits per heavy atom. The molecule has 1 amide bonds. The Kier molecular flexibility index (Phi) is 3.90. The molecule has 1 aliphatic carbocycles. The average Bonchev–Trinajstić information content (AvgIpc) is 2.32. The topological polar surface area (TPSA) is 55.1 Å². The molecule has 0 radical (unpaired) electrons. The predicted molar refractivity (Wildman–Crippen MR) is 74.5 cm³/mol. The van der Waals surface area contributed by atoms with Gasteiger partial charge in [0.2, 0.25) is 0 Å². The van der Waals surface area contributed by atoms with E-state index in [-0.39, 0.29) is 5.91 Å². The Balaban J connectivity index is 2.04. The fourth-order valence-electron chi connectivity index (χ4n) is 2.66. The molecular weight excluding hydrogens is 224 g/mol. The lowest BCUT2D eigenvalue weighted by molar-refractivity contribution is 0.0923. The van der Waals surface area contributed by atoms with Crippen LogP contribution in [-0.4, -0.2) is 11.9 Å². The number of carbonyl (C=O) groups is 1. The molecule has 0 heterocycles. The molecule has 0 bridgehead atoms. The standard InChI is InChI=1S/C15H22N2O/c1-10-6-8-12(9-7-10)17-15(18)14-11(2)4-3-5-13(14)16/h3-5,10,12H,6-9,16H2,1-2H3,(H,17,18). The van der Waals surface area contributed by atoms with Gasteiger partial charge in [0.25, 0.3) is 5.91 Å². The summed E-state index contributed by atoms with van der Waals surface area (Å²) >= 11 is 0. The van der Waals surface area contributed by atoms with E-state index >= 15 is 0 Å². The highest BCUT2D eigenvalue weighted by atomic mass is 16.1. The minimum Gasteiger partial charge on any atom is -0.398 e. The van der Waals surface area contributed by atoms with Gasteiger partial charge < -0.3 is 11.1 Å². The SMILES string of the molecule is Cc1cccc(N)c1C(=O)NC1CCC(C)CC1. The minimum atomic E-state index is -0.0230. The van der Waals surface area contributed by atoms with Crippen molar-refractivity contribution >= 4 is 11.6 Å². The molecule has 0 saturated heterocycles. The van der Waals surface area contributed by atoms with E-state index in [0.29, 0.717) is 17.3 Å². The summed E-state index contributed by atoms with van der Waals surface area (Å²) in [7, 11) is 0. The van der Waals surface area contributed by atoms with Gasteiger partial charge in [0, 0.05) is 11.7 Å². The van der Waals surface area contributed by atoms with Gasteiger partial charge in [0.15, 0.2) is 0 Å². The monoisotopic (exact) mass is 246 g/mol. The Morgan fingerprint density at radius 2 is 1.94 bits per heavy atom. The van der Waals surface area contributed by atoms with E-state index in [2.05, 4.69) is 12.2 Å². The second-order valence-electron chi connectivity index (χ2n) is 5.47. The van der Waals surface area contributed by atoms with Gasteiger partial charge >= 0.3 is 0 Å². The van der Waals surface area contributed by atoms with Crippen LogP contribution in [0.25, 0.3) is 0 Å². The van der Waals surface area contributed by atoms with Crippen molar-refractivity contribution in [3.63, 3.8) is 0 Å². The fraction of sp³-hybridized carbons (Fsp3) is 0.533. The number of nitrogen functional groups attached to an aromatic ring is 1. The van der Waals surface area contributed by atoms with Crippen molar-refractivity contribution in [2.75, 3.05) is 5.73 Å². The third kappa shape index (κ3) is 2.84. The van der Waals surface area contributed by atoms with E-state index < -0.39 is 0 Å². The van der Waals surface area contributed by atoms with E-state index in [1.807, 2.05) is 19.1 Å². The van der Waals surface area contributed by atoms with E-state index in [1.54, 1.807) is 6.07 Å². The van der Waals surface area contributed by atoms with Crippen molar-refractivity contribution in [3.8, 4) is 0 Å². The van der Waals surface area contributed by atoms with Crippen LogP contribution < -0.4 is 11.1 Å². The van der Waals surface area contributed by atoms with E-state index in [0.717, 1.165) is 24.3 Å². The molecule has 3 nitrogen and oxygen atoms in total. The summed E-state index contributed by atoms with van der Waals surface area (Å²) in [6.07, 6.45) is 4.57. The van der Waals surface area contributed by atoms with E-state index in [1.165, 1.54) is 12.8 Å². The smallest absolute Gasteiger partial charge is 0.253 e. The van der Waals surface area contributed by atoms with Gasteiger partial charge in [0.05, 0.1) is 5.56 Å². The molecule has 0 atom stereocenters. The molecule has 3 heteroatoms. The summed E-state index contributed by atoms with van der Waals surface area (Å²) in [5.74, 6) is 0.770. The number of aryl methyl sites for hydroxylation is 1. The first kappa shape index (κ1) is 12.9. The molecular formula is C15H22N2O. The van der Waals surface area contributed by atoms with Crippen LogP contribution in [0.4, 0.5) is 5.69 Å². The number of benzene rings is 1. The summed E-state index contributed by atoms with van der Waals surface area (Å²) in [4.78, 5) is 12.2. The summed E-state index contributed by atoms with van der Waals surface area (Å²) in [6, 6.07) is 5.90. The minimum absolute atomic E-state index is 0.0230. The highest BCUT2D eigenvalue weighted by Gasteiger charge is 2.21. The summed E-state index contributed by atoms with van der Waals surface area (Å²) in [5, 5.41) is 3.12. The van der Waals surface area contributed by atoms with Gasteiger partial charge in [0.1, 0.15) is 0 Å². The van der Waals surface area contributed by atoms with Crippen LogP contribution in [0, 0.1) is 12.8 Å². The summed E-state index contributed by atoms with van der Waals surface area (Å²) in [6.45, 7) is 4.20. The highest BCUT2D eigenvalue weighted by Crippen LogP contribution is 2.24. The number of nitrogens with one attached hydrogen (secondary N) is 1. The Hall–Kier alpha value is -1.51. The molecule has 0 spiro atoms. The molecule has 2 rings (SSSR count). The fourth-order valence-corrected chi connectivity index (χ4v) is 2.66. The van der Waals surface area contributed by atoms with Crippen molar-refractivity contribution in [2.24, 2.45) is 5.92 Å². The quantitative estimate of drug-likeness (QED) is 0.788. The molecule has 1 aliphatic rings. The second kappa shape index (κ2) is 5.42. The first-order chi connectivity index (χ1) is 8.58. The van der Waals surface area contributed by atoms with Crippen LogP contribution in [0.5, 0.6) is 0 Å². The maximum absolute atomic E-state index is 12.2. The van der Waals surface area contributed by atoms with Crippen molar-refractivity contribution < 1.29 is 4.79 Å². The van der Waals surface area contributed by atoms with Crippen molar-refractivity contribution in [1.82, 2.24) is 5.32 Å². The number of hydrogen-bond donors (Lipinski definition) is 2. The van der Waals surface area contributed by atoms with E-state index in [9.17, 15) is 4.79 Å². The maximum Gasteiger partial charge on any atom is 0.253 e. The predicted octanol–water partition coefficient (Wildman–Crippen LogP) is 2.89. The maximum atomic E-state index is 12.2. The normalized spacial score (nSPS) is 23.7. The zero-order valence-electron chi connectivity index (χ0n) is 11.2. The Morgan fingerprint density at radius 1 is 1.28 bits per heavy atom. The molecule has 1 aromatic carbocycles. The van der Waals surface area contributed by atoms with Crippen molar-refractivity contribution in [1.29, 1.82) is 0 Å².